The van der Waals surface area contributed by atoms with Gasteiger partial charge in [-0.25, -0.2) is 9.37 Å². The monoisotopic (exact) mass is 282 g/mol. The first-order chi connectivity index (χ1) is 10.3. The van der Waals surface area contributed by atoms with Gasteiger partial charge in [0.1, 0.15) is 5.75 Å². The molecule has 0 amide bonds. The van der Waals surface area contributed by atoms with Gasteiger partial charge in [-0.05, 0) is 36.0 Å². The van der Waals surface area contributed by atoms with Crippen molar-refractivity contribution in [1.29, 1.82) is 0 Å². The highest BCUT2D eigenvalue weighted by molar-refractivity contribution is 5.83. The van der Waals surface area contributed by atoms with Crippen molar-refractivity contribution in [2.75, 3.05) is 7.05 Å². The highest BCUT2D eigenvalue weighted by atomic mass is 19.1. The van der Waals surface area contributed by atoms with Crippen LogP contribution in [-0.4, -0.2) is 12.0 Å². The van der Waals surface area contributed by atoms with Crippen molar-refractivity contribution >= 4 is 10.8 Å². The number of pyridine rings is 1. The molecule has 21 heavy (non-hydrogen) atoms. The third-order valence-electron chi connectivity index (χ3n) is 3.24. The molecule has 1 aromatic heterocycles. The number of aromatic nitrogens is 1. The molecule has 3 nitrogen and oxygen atoms in total. The van der Waals surface area contributed by atoms with Crippen LogP contribution in [0.3, 0.4) is 0 Å². The standard InChI is InChI=1S/C17H15FN2O/c1-19-11-14-8-9-20-17(16(14)18)21-15-7-6-12-4-2-3-5-13(12)10-15/h2-10,19H,11H2,1H3. The maximum Gasteiger partial charge on any atom is 0.256 e. The summed E-state index contributed by atoms with van der Waals surface area (Å²) in [6, 6.07) is 15.2. The zero-order valence-electron chi connectivity index (χ0n) is 11.6. The minimum atomic E-state index is -0.431. The van der Waals surface area contributed by atoms with Gasteiger partial charge in [-0.1, -0.05) is 30.3 Å². The summed E-state index contributed by atoms with van der Waals surface area (Å²) in [5.74, 6) is 0.139. The fourth-order valence-corrected chi connectivity index (χ4v) is 2.20. The number of nitrogens with one attached hydrogen (secondary N) is 1. The van der Waals surface area contributed by atoms with E-state index in [4.69, 9.17) is 4.74 Å². The highest BCUT2D eigenvalue weighted by Gasteiger charge is 2.11. The molecule has 2 aromatic carbocycles. The molecule has 0 fully saturated rings. The van der Waals surface area contributed by atoms with Crippen LogP contribution in [0.5, 0.6) is 11.6 Å². The molecule has 0 saturated carbocycles. The minimum Gasteiger partial charge on any atom is -0.436 e. The van der Waals surface area contributed by atoms with Crippen LogP contribution < -0.4 is 10.1 Å². The van der Waals surface area contributed by atoms with E-state index in [2.05, 4.69) is 10.3 Å². The van der Waals surface area contributed by atoms with E-state index >= 15 is 0 Å². The first-order valence-electron chi connectivity index (χ1n) is 6.72. The van der Waals surface area contributed by atoms with Gasteiger partial charge >= 0.3 is 0 Å². The van der Waals surface area contributed by atoms with Gasteiger partial charge < -0.3 is 10.1 Å². The van der Waals surface area contributed by atoms with Gasteiger partial charge in [-0.15, -0.1) is 0 Å². The minimum absolute atomic E-state index is 0.00182. The topological polar surface area (TPSA) is 34.2 Å². The van der Waals surface area contributed by atoms with E-state index in [0.29, 0.717) is 17.9 Å². The molecule has 0 saturated heterocycles. The molecule has 3 rings (SSSR count). The molecule has 0 bridgehead atoms. The van der Waals surface area contributed by atoms with Gasteiger partial charge in [0.05, 0.1) is 0 Å². The van der Waals surface area contributed by atoms with Gasteiger partial charge in [0.2, 0.25) is 0 Å². The van der Waals surface area contributed by atoms with Crippen molar-refractivity contribution in [2.45, 2.75) is 6.54 Å². The molecule has 0 aliphatic rings. The quantitative estimate of drug-likeness (QED) is 0.788. The van der Waals surface area contributed by atoms with Gasteiger partial charge in [0, 0.05) is 18.3 Å². The molecule has 106 valence electrons. The van der Waals surface area contributed by atoms with E-state index < -0.39 is 5.82 Å². The Kier molecular flexibility index (Phi) is 3.79. The summed E-state index contributed by atoms with van der Waals surface area (Å²) in [5, 5.41) is 5.07. The second-order valence-corrected chi connectivity index (χ2v) is 4.73. The predicted octanol–water partition coefficient (Wildman–Crippen LogP) is 3.89. The van der Waals surface area contributed by atoms with Crippen LogP contribution in [0.1, 0.15) is 5.56 Å². The average molecular weight is 282 g/mol. The SMILES string of the molecule is CNCc1ccnc(Oc2ccc3ccccc3c2)c1F. The Morgan fingerprint density at radius 3 is 2.71 bits per heavy atom. The van der Waals surface area contributed by atoms with E-state index in [0.717, 1.165) is 10.8 Å². The Labute approximate surface area is 122 Å². The van der Waals surface area contributed by atoms with E-state index in [1.54, 1.807) is 19.3 Å². The highest BCUT2D eigenvalue weighted by Crippen LogP contribution is 2.27. The van der Waals surface area contributed by atoms with Crippen molar-refractivity contribution in [1.82, 2.24) is 10.3 Å². The van der Waals surface area contributed by atoms with Crippen LogP contribution in [0.15, 0.2) is 54.7 Å². The number of hydrogen-bond acceptors (Lipinski definition) is 3. The molecule has 3 aromatic rings. The second kappa shape index (κ2) is 5.89. The Balaban J connectivity index is 1.93. The maximum absolute atomic E-state index is 14.2. The first-order valence-corrected chi connectivity index (χ1v) is 6.72. The lowest BCUT2D eigenvalue weighted by atomic mass is 10.1. The fraction of sp³-hybridized carbons (Fsp3) is 0.118. The van der Waals surface area contributed by atoms with E-state index in [-0.39, 0.29) is 5.88 Å². The van der Waals surface area contributed by atoms with E-state index in [9.17, 15) is 4.39 Å². The summed E-state index contributed by atoms with van der Waals surface area (Å²) in [5.41, 5.74) is 0.531. The number of ether oxygens (including phenoxy) is 1. The lowest BCUT2D eigenvalue weighted by molar-refractivity contribution is 0.418. The van der Waals surface area contributed by atoms with Crippen LogP contribution in [0.4, 0.5) is 4.39 Å². The van der Waals surface area contributed by atoms with Crippen molar-refractivity contribution in [3.8, 4) is 11.6 Å². The molecule has 0 unspecified atom stereocenters. The second-order valence-electron chi connectivity index (χ2n) is 4.73. The normalized spacial score (nSPS) is 10.8. The molecule has 1 N–H and O–H groups in total. The summed E-state index contributed by atoms with van der Waals surface area (Å²) < 4.78 is 19.8. The average Bonchev–Trinajstić information content (AvgIpc) is 2.51. The zero-order valence-corrected chi connectivity index (χ0v) is 11.6. The number of hydrogen-bond donors (Lipinski definition) is 1. The molecule has 0 aliphatic heterocycles. The van der Waals surface area contributed by atoms with Crippen LogP contribution in [0.2, 0.25) is 0 Å². The van der Waals surface area contributed by atoms with Crippen LogP contribution >= 0.6 is 0 Å². The van der Waals surface area contributed by atoms with E-state index in [1.165, 1.54) is 0 Å². The molecular formula is C17H15FN2O. The fourth-order valence-electron chi connectivity index (χ4n) is 2.20. The number of fused-ring (bicyclic) bond motifs is 1. The number of rotatable bonds is 4. The third-order valence-corrected chi connectivity index (χ3v) is 3.24. The summed E-state index contributed by atoms with van der Waals surface area (Å²) in [4.78, 5) is 3.97. The molecule has 0 spiro atoms. The predicted molar refractivity (Wildman–Crippen MR) is 81.0 cm³/mol. The Hall–Kier alpha value is -2.46. The van der Waals surface area contributed by atoms with Crippen LogP contribution in [-0.2, 0) is 6.54 Å². The first kappa shape index (κ1) is 13.5. The van der Waals surface area contributed by atoms with Crippen LogP contribution in [0.25, 0.3) is 10.8 Å². The van der Waals surface area contributed by atoms with Gasteiger partial charge in [-0.2, -0.15) is 0 Å². The number of benzene rings is 2. The largest absolute Gasteiger partial charge is 0.436 e. The van der Waals surface area contributed by atoms with Gasteiger partial charge in [0.25, 0.3) is 5.88 Å². The number of halogens is 1. The maximum atomic E-state index is 14.2. The molecule has 4 heteroatoms. The smallest absolute Gasteiger partial charge is 0.256 e. The lowest BCUT2D eigenvalue weighted by Crippen LogP contribution is -2.08. The Morgan fingerprint density at radius 1 is 1.10 bits per heavy atom. The van der Waals surface area contributed by atoms with E-state index in [1.807, 2.05) is 42.5 Å². The summed E-state index contributed by atoms with van der Waals surface area (Å²) in [6.45, 7) is 0.433. The van der Waals surface area contributed by atoms with Gasteiger partial charge in [0.15, 0.2) is 5.82 Å². The molecule has 0 aliphatic carbocycles. The summed E-state index contributed by atoms with van der Waals surface area (Å²) >= 11 is 0. The lowest BCUT2D eigenvalue weighted by Gasteiger charge is -2.09. The van der Waals surface area contributed by atoms with Crippen molar-refractivity contribution in [2.24, 2.45) is 0 Å². The van der Waals surface area contributed by atoms with Crippen molar-refractivity contribution in [3.63, 3.8) is 0 Å². The Morgan fingerprint density at radius 2 is 1.90 bits per heavy atom. The van der Waals surface area contributed by atoms with Gasteiger partial charge in [-0.3, -0.25) is 0 Å². The summed E-state index contributed by atoms with van der Waals surface area (Å²) in [7, 11) is 1.77. The Bertz CT molecular complexity index is 774. The molecule has 1 heterocycles. The zero-order chi connectivity index (χ0) is 14.7. The molecule has 0 atom stereocenters. The van der Waals surface area contributed by atoms with Crippen molar-refractivity contribution < 1.29 is 9.13 Å². The molecular weight excluding hydrogens is 267 g/mol. The molecule has 0 radical (unpaired) electrons. The number of nitrogens with zero attached hydrogens (tertiary/aromatic N) is 1. The summed E-state index contributed by atoms with van der Waals surface area (Å²) in [6.07, 6.45) is 1.55. The van der Waals surface area contributed by atoms with Crippen LogP contribution in [0, 0.1) is 5.82 Å². The van der Waals surface area contributed by atoms with Crippen molar-refractivity contribution in [3.05, 3.63) is 66.1 Å². The third kappa shape index (κ3) is 2.85.